The topological polar surface area (TPSA) is 65.0 Å². The van der Waals surface area contributed by atoms with E-state index in [2.05, 4.69) is 31.6 Å². The molecule has 0 amide bonds. The molecule has 1 saturated carbocycles. The molecule has 1 aromatic heterocycles. The number of aromatic nitrogens is 1. The van der Waals surface area contributed by atoms with Crippen LogP contribution in [0.4, 0.5) is 5.82 Å². The first-order valence-corrected chi connectivity index (χ1v) is 11.0. The van der Waals surface area contributed by atoms with Gasteiger partial charge in [-0.2, -0.15) is 0 Å². The third-order valence-corrected chi connectivity index (χ3v) is 6.12. The highest BCUT2D eigenvalue weighted by molar-refractivity contribution is 5.79. The maximum absolute atomic E-state index is 5.54. The quantitative estimate of drug-likeness (QED) is 0.538. The molecule has 1 aliphatic carbocycles. The Kier molecular flexibility index (Phi) is 8.12. The molecule has 1 saturated heterocycles. The second-order valence-electron chi connectivity index (χ2n) is 8.61. The van der Waals surface area contributed by atoms with Gasteiger partial charge >= 0.3 is 0 Å². The van der Waals surface area contributed by atoms with Crippen LogP contribution in [0.3, 0.4) is 0 Å². The van der Waals surface area contributed by atoms with Gasteiger partial charge in [0.15, 0.2) is 5.96 Å². The summed E-state index contributed by atoms with van der Waals surface area (Å²) in [5, 5.41) is 7.06. The minimum Gasteiger partial charge on any atom is -0.379 e. The molecule has 1 aliphatic heterocycles. The summed E-state index contributed by atoms with van der Waals surface area (Å²) in [7, 11) is 5.87. The molecule has 0 bridgehead atoms. The molecule has 0 unspecified atom stereocenters. The van der Waals surface area contributed by atoms with E-state index in [0.29, 0.717) is 12.0 Å². The summed E-state index contributed by atoms with van der Waals surface area (Å²) < 4.78 is 5.54. The number of ether oxygens (including phenoxy) is 1. The average Bonchev–Trinajstić information content (AvgIpc) is 2.75. The number of morpholine rings is 1. The van der Waals surface area contributed by atoms with Gasteiger partial charge in [0, 0.05) is 52.7 Å². The van der Waals surface area contributed by atoms with Crippen LogP contribution in [0, 0.1) is 5.41 Å². The highest BCUT2D eigenvalue weighted by atomic mass is 16.5. The first kappa shape index (κ1) is 21.8. The Balaban J connectivity index is 1.55. The van der Waals surface area contributed by atoms with Gasteiger partial charge in [0.1, 0.15) is 5.82 Å². The minimum absolute atomic E-state index is 0.330. The number of nitrogens with zero attached hydrogens (tertiary/aromatic N) is 4. The number of anilines is 1. The molecule has 0 radical (unpaired) electrons. The zero-order chi connectivity index (χ0) is 20.5. The number of hydrogen-bond donors (Lipinski definition) is 2. The maximum Gasteiger partial charge on any atom is 0.191 e. The van der Waals surface area contributed by atoms with E-state index in [1.54, 1.807) is 0 Å². The van der Waals surface area contributed by atoms with E-state index in [9.17, 15) is 0 Å². The molecule has 0 aromatic carbocycles. The molecule has 29 heavy (non-hydrogen) atoms. The highest BCUT2D eigenvalue weighted by Gasteiger charge is 2.34. The van der Waals surface area contributed by atoms with E-state index in [1.165, 1.54) is 32.1 Å². The smallest absolute Gasteiger partial charge is 0.191 e. The summed E-state index contributed by atoms with van der Waals surface area (Å²) in [5.41, 5.74) is 1.34. The Morgan fingerprint density at radius 3 is 2.62 bits per heavy atom. The molecule has 7 nitrogen and oxygen atoms in total. The summed E-state index contributed by atoms with van der Waals surface area (Å²) >= 11 is 0. The van der Waals surface area contributed by atoms with E-state index >= 15 is 0 Å². The van der Waals surface area contributed by atoms with Gasteiger partial charge in [-0.25, -0.2) is 4.98 Å². The van der Waals surface area contributed by atoms with Gasteiger partial charge in [-0.05, 0) is 25.0 Å². The molecular formula is C22H38N6O. The molecule has 0 atom stereocenters. The van der Waals surface area contributed by atoms with Gasteiger partial charge in [0.2, 0.25) is 0 Å². The van der Waals surface area contributed by atoms with Crippen molar-refractivity contribution in [2.45, 2.75) is 38.6 Å². The number of guanidine groups is 1. The third-order valence-electron chi connectivity index (χ3n) is 6.12. The van der Waals surface area contributed by atoms with Crippen LogP contribution in [0.15, 0.2) is 23.2 Å². The van der Waals surface area contributed by atoms with Crippen molar-refractivity contribution in [3.05, 3.63) is 23.9 Å². The lowest BCUT2D eigenvalue weighted by Gasteiger charge is -2.42. The van der Waals surface area contributed by atoms with Crippen molar-refractivity contribution in [2.75, 3.05) is 65.4 Å². The van der Waals surface area contributed by atoms with Crippen molar-refractivity contribution in [1.29, 1.82) is 0 Å². The summed E-state index contributed by atoms with van der Waals surface area (Å²) in [6.07, 6.45) is 6.62. The van der Waals surface area contributed by atoms with Crippen molar-refractivity contribution in [2.24, 2.45) is 10.4 Å². The van der Waals surface area contributed by atoms with Gasteiger partial charge in [-0.15, -0.1) is 0 Å². The standard InChI is InChI=1S/C22H38N6O/c1-23-21(24-16-19-8-7-9-20(26-19)27(2)3)25-17-22(10-5-4-6-11-22)18-28-12-14-29-15-13-28/h7-9H,4-6,10-18H2,1-3H3,(H2,23,24,25). The van der Waals surface area contributed by atoms with E-state index in [4.69, 9.17) is 4.74 Å². The molecule has 3 rings (SSSR count). The predicted molar refractivity (Wildman–Crippen MR) is 120 cm³/mol. The molecule has 7 heteroatoms. The van der Waals surface area contributed by atoms with Crippen LogP contribution in [-0.2, 0) is 11.3 Å². The van der Waals surface area contributed by atoms with Crippen LogP contribution in [-0.4, -0.2) is 76.4 Å². The summed E-state index contributed by atoms with van der Waals surface area (Å²) in [4.78, 5) is 13.7. The third kappa shape index (κ3) is 6.57. The highest BCUT2D eigenvalue weighted by Crippen LogP contribution is 2.36. The second kappa shape index (κ2) is 10.8. The SMILES string of the molecule is CN=C(NCc1cccc(N(C)C)n1)NCC1(CN2CCOCC2)CCCCC1. The van der Waals surface area contributed by atoms with Crippen LogP contribution < -0.4 is 15.5 Å². The van der Waals surface area contributed by atoms with Crippen molar-refractivity contribution >= 4 is 11.8 Å². The first-order chi connectivity index (χ1) is 14.1. The number of hydrogen-bond acceptors (Lipinski definition) is 5. The van der Waals surface area contributed by atoms with Crippen LogP contribution in [0.5, 0.6) is 0 Å². The van der Waals surface area contributed by atoms with E-state index in [-0.39, 0.29) is 0 Å². The minimum atomic E-state index is 0.330. The molecule has 2 heterocycles. The first-order valence-electron chi connectivity index (χ1n) is 11.0. The maximum atomic E-state index is 5.54. The monoisotopic (exact) mass is 402 g/mol. The Labute approximate surface area is 175 Å². The Bertz CT molecular complexity index is 650. The van der Waals surface area contributed by atoms with Crippen molar-refractivity contribution < 1.29 is 4.74 Å². The summed E-state index contributed by atoms with van der Waals surface area (Å²) in [6.45, 7) is 6.64. The van der Waals surface area contributed by atoms with Gasteiger partial charge in [0.25, 0.3) is 0 Å². The van der Waals surface area contributed by atoms with E-state index in [0.717, 1.165) is 56.9 Å². The lowest BCUT2D eigenvalue weighted by atomic mass is 9.73. The molecule has 0 spiro atoms. The Morgan fingerprint density at radius 2 is 1.93 bits per heavy atom. The molecular weight excluding hydrogens is 364 g/mol. The van der Waals surface area contributed by atoms with Gasteiger partial charge in [-0.3, -0.25) is 9.89 Å². The number of pyridine rings is 1. The Hall–Kier alpha value is -1.86. The molecule has 2 aliphatic rings. The fraction of sp³-hybridized carbons (Fsp3) is 0.727. The van der Waals surface area contributed by atoms with Crippen LogP contribution >= 0.6 is 0 Å². The van der Waals surface area contributed by atoms with Crippen LogP contribution in [0.2, 0.25) is 0 Å². The Morgan fingerprint density at radius 1 is 1.17 bits per heavy atom. The lowest BCUT2D eigenvalue weighted by Crippen LogP contribution is -2.51. The zero-order valence-corrected chi connectivity index (χ0v) is 18.4. The number of nitrogens with one attached hydrogen (secondary N) is 2. The average molecular weight is 403 g/mol. The number of rotatable bonds is 7. The fourth-order valence-electron chi connectivity index (χ4n) is 4.41. The van der Waals surface area contributed by atoms with E-state index < -0.39 is 0 Å². The number of aliphatic imine (C=N–C) groups is 1. The van der Waals surface area contributed by atoms with Crippen LogP contribution in [0.1, 0.15) is 37.8 Å². The molecule has 2 fully saturated rings. The normalized spacial score (nSPS) is 20.3. The van der Waals surface area contributed by atoms with Crippen LogP contribution in [0.25, 0.3) is 0 Å². The summed E-state index contributed by atoms with van der Waals surface area (Å²) in [5.74, 6) is 1.83. The molecule has 2 N–H and O–H groups in total. The van der Waals surface area contributed by atoms with Crippen molar-refractivity contribution in [3.8, 4) is 0 Å². The fourth-order valence-corrected chi connectivity index (χ4v) is 4.41. The van der Waals surface area contributed by atoms with Gasteiger partial charge in [0.05, 0.1) is 25.5 Å². The predicted octanol–water partition coefficient (Wildman–Crippen LogP) is 2.10. The van der Waals surface area contributed by atoms with Crippen molar-refractivity contribution in [1.82, 2.24) is 20.5 Å². The van der Waals surface area contributed by atoms with Gasteiger partial charge < -0.3 is 20.3 Å². The zero-order valence-electron chi connectivity index (χ0n) is 18.4. The lowest BCUT2D eigenvalue weighted by molar-refractivity contribution is 0.00820. The molecule has 1 aromatic rings. The molecule has 162 valence electrons. The summed E-state index contributed by atoms with van der Waals surface area (Å²) in [6, 6.07) is 6.12. The van der Waals surface area contributed by atoms with Gasteiger partial charge in [-0.1, -0.05) is 25.3 Å². The van der Waals surface area contributed by atoms with Crippen molar-refractivity contribution in [3.63, 3.8) is 0 Å². The van der Waals surface area contributed by atoms with E-state index in [1.807, 2.05) is 38.2 Å². The second-order valence-corrected chi connectivity index (χ2v) is 8.61. The largest absolute Gasteiger partial charge is 0.379 e.